The Labute approximate surface area is 309 Å². The molecule has 1 amide bonds. The van der Waals surface area contributed by atoms with Crippen LogP contribution in [-0.2, 0) is 24.7 Å². The van der Waals surface area contributed by atoms with Gasteiger partial charge in [0.15, 0.2) is 5.78 Å². The predicted molar refractivity (Wildman–Crippen MR) is 195 cm³/mol. The van der Waals surface area contributed by atoms with Crippen molar-refractivity contribution in [3.63, 3.8) is 0 Å². The number of likely N-dealkylation sites (N-methyl/N-ethyl adjacent to an activating group) is 1. The molecule has 7 rings (SSSR count). The highest BCUT2D eigenvalue weighted by Crippen LogP contribution is 2.53. The molecule has 5 atom stereocenters. The number of aliphatic hydroxyl groups excluding tert-OH is 1. The summed E-state index contributed by atoms with van der Waals surface area (Å²) in [6, 6.07) is 19.0. The topological polar surface area (TPSA) is 167 Å². The van der Waals surface area contributed by atoms with Crippen molar-refractivity contribution in [2.45, 2.75) is 61.4 Å². The van der Waals surface area contributed by atoms with E-state index in [2.05, 4.69) is 17.7 Å². The molecule has 3 aliphatic heterocycles. The summed E-state index contributed by atoms with van der Waals surface area (Å²) in [5.74, 6) is -0.110. The molecule has 4 aromatic rings. The minimum Gasteiger partial charge on any atom is -0.506 e. The molecule has 0 radical (unpaired) electrons. The molecule has 14 heteroatoms. The first-order valence-electron chi connectivity index (χ1n) is 17.3. The number of ketones is 1. The number of rotatable bonds is 17. The van der Waals surface area contributed by atoms with Crippen LogP contribution in [0.2, 0.25) is 0 Å². The molecule has 274 valence electrons. The molecule has 2 aromatic heterocycles. The summed E-state index contributed by atoms with van der Waals surface area (Å²) >= 11 is 2.66. The van der Waals surface area contributed by atoms with Gasteiger partial charge in [-0.25, -0.2) is 4.79 Å². The Bertz CT molecular complexity index is 1820. The Hall–Kier alpha value is -4.15. The summed E-state index contributed by atoms with van der Waals surface area (Å²) in [6.45, 7) is 1.77. The fourth-order valence-corrected chi connectivity index (χ4v) is 9.47. The van der Waals surface area contributed by atoms with Gasteiger partial charge in [-0.2, -0.15) is 0 Å². The van der Waals surface area contributed by atoms with E-state index in [-0.39, 0.29) is 60.6 Å². The zero-order chi connectivity index (χ0) is 36.5. The Kier molecular flexibility index (Phi) is 10.5. The molecule has 0 spiro atoms. The zero-order valence-electron chi connectivity index (χ0n) is 28.6. The van der Waals surface area contributed by atoms with E-state index in [0.717, 1.165) is 11.0 Å². The molecular formula is C38H42N3O9S2+. The van der Waals surface area contributed by atoms with E-state index >= 15 is 0 Å². The van der Waals surface area contributed by atoms with Gasteiger partial charge < -0.3 is 44.6 Å². The third-order valence-electron chi connectivity index (χ3n) is 10.7. The number of quaternary nitrogens is 1. The zero-order valence-corrected chi connectivity index (χ0v) is 30.2. The number of benzene rings is 2. The Morgan fingerprint density at radius 1 is 1.04 bits per heavy atom. The monoisotopic (exact) mass is 748 g/mol. The number of amides is 1. The number of aliphatic hydroxyl groups is 2. The smallest absolute Gasteiger partial charge is 0.349 e. The number of carbonyl (C=O) groups is 3. The van der Waals surface area contributed by atoms with Crippen molar-refractivity contribution >= 4 is 46.5 Å². The lowest BCUT2D eigenvalue weighted by Crippen LogP contribution is -2.63. The van der Waals surface area contributed by atoms with Crippen LogP contribution in [-0.4, -0.2) is 102 Å². The molecule has 5 heterocycles. The van der Waals surface area contributed by atoms with Crippen molar-refractivity contribution in [3.05, 3.63) is 98.4 Å². The number of hydrogen-bond donors (Lipinski definition) is 5. The third kappa shape index (κ3) is 7.12. The van der Waals surface area contributed by atoms with Crippen LogP contribution in [0, 0.1) is 0 Å². The molecule has 2 aromatic carbocycles. The van der Waals surface area contributed by atoms with Crippen molar-refractivity contribution < 1.29 is 48.4 Å². The summed E-state index contributed by atoms with van der Waals surface area (Å²) in [5.41, 5.74) is -0.542. The number of Topliss-reactive ketones (excluding diaryl/α,β-unsaturated/α-hetero) is 1. The molecular weight excluding hydrogens is 707 g/mol. The molecule has 0 aliphatic carbocycles. The van der Waals surface area contributed by atoms with Gasteiger partial charge >= 0.3 is 5.97 Å². The number of aromatic hydroxyl groups is 1. The van der Waals surface area contributed by atoms with Crippen LogP contribution < -0.4 is 15.4 Å². The van der Waals surface area contributed by atoms with E-state index in [1.54, 1.807) is 42.5 Å². The second-order valence-electron chi connectivity index (χ2n) is 13.7. The van der Waals surface area contributed by atoms with E-state index in [4.69, 9.17) is 14.2 Å². The summed E-state index contributed by atoms with van der Waals surface area (Å²) in [7, 11) is 2.22. The molecule has 3 aliphatic rings. The highest BCUT2D eigenvalue weighted by Gasteiger charge is 2.72. The standard InChI is InChI=1S/C38H41N3O9S2/c1-41(28-19-26(20-29(41)36-35(28)50-36)49-37(46)38(47,33-4-2-16-51-33)34-5-3-17-52-34)14-15-48-25-9-6-23(7-10-25)30(43)12-13-39-21-32(45)24-8-11-31(44)27(18-24)40-22-42/h2-11,16-18,22,26,28-29,32,35-36,39,45,47H,12-15,19-21H2,1H3,(H-,40,42,44)/p+1/t26?,28?,29?,32-,35?,36?,41?/m0/s1. The summed E-state index contributed by atoms with van der Waals surface area (Å²) < 4.78 is 19.0. The average Bonchev–Trinajstić information content (AvgIpc) is 3.44. The van der Waals surface area contributed by atoms with E-state index in [1.807, 2.05) is 22.9 Å². The van der Waals surface area contributed by atoms with E-state index < -0.39 is 17.7 Å². The first-order chi connectivity index (χ1) is 25.1. The number of morpholine rings is 1. The highest BCUT2D eigenvalue weighted by atomic mass is 32.1. The van der Waals surface area contributed by atoms with Gasteiger partial charge in [-0.15, -0.1) is 22.7 Å². The van der Waals surface area contributed by atoms with Crippen LogP contribution in [0.4, 0.5) is 5.69 Å². The van der Waals surface area contributed by atoms with Crippen molar-refractivity contribution in [3.8, 4) is 11.5 Å². The number of thiophene rings is 2. The maximum atomic E-state index is 13.6. The number of piperidine rings is 1. The predicted octanol–water partition coefficient (Wildman–Crippen LogP) is 3.96. The van der Waals surface area contributed by atoms with Gasteiger partial charge in [0.05, 0.1) is 28.6 Å². The van der Waals surface area contributed by atoms with E-state index in [9.17, 15) is 29.7 Å². The van der Waals surface area contributed by atoms with Crippen LogP contribution in [0.1, 0.15) is 51.0 Å². The molecule has 4 unspecified atom stereocenters. The maximum Gasteiger partial charge on any atom is 0.349 e. The number of nitrogens with zero attached hydrogens (tertiary/aromatic N) is 1. The van der Waals surface area contributed by atoms with Gasteiger partial charge in [-0.1, -0.05) is 18.2 Å². The molecule has 2 bridgehead atoms. The second kappa shape index (κ2) is 15.1. The van der Waals surface area contributed by atoms with Gasteiger partial charge in [-0.05, 0) is 64.9 Å². The van der Waals surface area contributed by atoms with Gasteiger partial charge in [-0.3, -0.25) is 9.59 Å². The number of phenols is 1. The number of ether oxygens (including phenoxy) is 3. The first kappa shape index (κ1) is 36.2. The maximum absolute atomic E-state index is 13.6. The Balaban J connectivity index is 0.870. The number of phenolic OH excluding ortho intramolecular Hbond substituents is 1. The molecule has 0 saturated carbocycles. The first-order valence-corrected chi connectivity index (χ1v) is 19.1. The van der Waals surface area contributed by atoms with Crippen molar-refractivity contribution in [2.24, 2.45) is 0 Å². The number of carbonyl (C=O) groups excluding carboxylic acids is 3. The fourth-order valence-electron chi connectivity index (χ4n) is 7.75. The third-order valence-corrected chi connectivity index (χ3v) is 12.6. The van der Waals surface area contributed by atoms with E-state index in [0.29, 0.717) is 59.0 Å². The molecule has 3 saturated heterocycles. The number of esters is 1. The molecule has 12 nitrogen and oxygen atoms in total. The summed E-state index contributed by atoms with van der Waals surface area (Å²) in [6.07, 6.45) is 1.03. The molecule has 52 heavy (non-hydrogen) atoms. The number of fused-ring (bicyclic) bond motifs is 5. The van der Waals surface area contributed by atoms with Crippen LogP contribution in [0.25, 0.3) is 0 Å². The number of hydrogen-bond acceptors (Lipinski definition) is 12. The van der Waals surface area contributed by atoms with Crippen molar-refractivity contribution in [1.82, 2.24) is 5.32 Å². The Morgan fingerprint density at radius 2 is 1.71 bits per heavy atom. The Morgan fingerprint density at radius 3 is 2.33 bits per heavy atom. The number of anilines is 1. The molecule has 5 N–H and O–H groups in total. The van der Waals surface area contributed by atoms with Gasteiger partial charge in [0, 0.05) is 37.9 Å². The van der Waals surface area contributed by atoms with Crippen LogP contribution in [0.15, 0.2) is 77.5 Å². The average molecular weight is 749 g/mol. The number of nitrogens with one attached hydrogen (secondary N) is 2. The van der Waals surface area contributed by atoms with Crippen molar-refractivity contribution in [2.75, 3.05) is 38.6 Å². The van der Waals surface area contributed by atoms with E-state index in [1.165, 1.54) is 34.8 Å². The summed E-state index contributed by atoms with van der Waals surface area (Å²) in [4.78, 5) is 38.2. The van der Waals surface area contributed by atoms with Gasteiger partial charge in [0.1, 0.15) is 55.0 Å². The number of epoxide rings is 1. The SMILES string of the molecule is C[N+]1(CCOc2ccc(C(=O)CCNC[C@H](O)c3ccc(O)c(NC=O)c3)cc2)C2CC(OC(=O)C(O)(c3cccs3)c3cccs3)CC1C1OC12. The van der Waals surface area contributed by atoms with Gasteiger partial charge in [0.25, 0.3) is 0 Å². The fraction of sp³-hybridized carbons (Fsp3) is 0.395. The lowest BCUT2D eigenvalue weighted by atomic mass is 9.94. The lowest BCUT2D eigenvalue weighted by molar-refractivity contribution is -0.956. The summed E-state index contributed by atoms with van der Waals surface area (Å²) in [5, 5.41) is 41.1. The largest absolute Gasteiger partial charge is 0.506 e. The van der Waals surface area contributed by atoms with Gasteiger partial charge in [0.2, 0.25) is 12.0 Å². The minimum atomic E-state index is -1.83. The van der Waals surface area contributed by atoms with Crippen LogP contribution in [0.3, 0.4) is 0 Å². The normalized spacial score (nSPS) is 25.2. The minimum absolute atomic E-state index is 0.0442. The van der Waals surface area contributed by atoms with Crippen LogP contribution in [0.5, 0.6) is 11.5 Å². The highest BCUT2D eigenvalue weighted by molar-refractivity contribution is 7.12. The molecule has 3 fully saturated rings. The second-order valence-corrected chi connectivity index (χ2v) is 15.6. The van der Waals surface area contributed by atoms with Crippen LogP contribution >= 0.6 is 22.7 Å². The quantitative estimate of drug-likeness (QED) is 0.0203. The lowest BCUT2D eigenvalue weighted by Gasteiger charge is -2.48. The van der Waals surface area contributed by atoms with Crippen molar-refractivity contribution in [1.29, 1.82) is 0 Å².